The molecular formula is C20H31IN4O2S. The second-order valence-corrected chi connectivity index (χ2v) is 7.25. The van der Waals surface area contributed by atoms with Gasteiger partial charge in [0.05, 0.1) is 12.8 Å². The van der Waals surface area contributed by atoms with Gasteiger partial charge in [0.15, 0.2) is 5.96 Å². The van der Waals surface area contributed by atoms with Crippen LogP contribution in [0, 0.1) is 0 Å². The van der Waals surface area contributed by atoms with Crippen LogP contribution >= 0.6 is 35.3 Å². The number of thiophene rings is 1. The van der Waals surface area contributed by atoms with E-state index in [4.69, 9.17) is 9.41 Å². The van der Waals surface area contributed by atoms with Crippen LogP contribution in [0.15, 0.2) is 45.3 Å². The van der Waals surface area contributed by atoms with Gasteiger partial charge in [0.25, 0.3) is 0 Å². The highest BCUT2D eigenvalue weighted by atomic mass is 127. The number of hydrogen-bond acceptors (Lipinski definition) is 4. The molecule has 0 aliphatic rings. The summed E-state index contributed by atoms with van der Waals surface area (Å²) in [5.41, 5.74) is 0. The van der Waals surface area contributed by atoms with Crippen LogP contribution < -0.4 is 5.32 Å². The van der Waals surface area contributed by atoms with Gasteiger partial charge in [-0.25, -0.2) is 0 Å². The van der Waals surface area contributed by atoms with Gasteiger partial charge < -0.3 is 19.5 Å². The van der Waals surface area contributed by atoms with Crippen LogP contribution in [0.5, 0.6) is 0 Å². The molecule has 0 atom stereocenters. The van der Waals surface area contributed by atoms with Crippen molar-refractivity contribution < 1.29 is 9.21 Å². The Bertz CT molecular complexity index is 685. The van der Waals surface area contributed by atoms with Gasteiger partial charge in [-0.2, -0.15) is 0 Å². The van der Waals surface area contributed by atoms with Crippen LogP contribution in [0.4, 0.5) is 0 Å². The number of amides is 1. The fourth-order valence-electron chi connectivity index (χ4n) is 2.74. The SMILES string of the molecule is CCN(CC)C(=O)CN(C)C(=NCCc1cccs1)NCCc1ccco1.I. The van der Waals surface area contributed by atoms with Crippen LogP contribution in [0.3, 0.4) is 0 Å². The van der Waals surface area contributed by atoms with Crippen molar-refractivity contribution >= 4 is 47.2 Å². The van der Waals surface area contributed by atoms with Gasteiger partial charge in [-0.05, 0) is 37.4 Å². The Morgan fingerprint density at radius 3 is 2.61 bits per heavy atom. The summed E-state index contributed by atoms with van der Waals surface area (Å²) >= 11 is 1.74. The molecule has 2 aromatic rings. The standard InChI is InChI=1S/C20H30N4O2S.HI/c1-4-24(5-2)19(25)16-23(3)20(21-12-10-17-8-6-14-26-17)22-13-11-18-9-7-15-27-18;/h6-9,14-15H,4-5,10-13,16H2,1-3H3,(H,21,22);1H. The summed E-state index contributed by atoms with van der Waals surface area (Å²) in [4.78, 5) is 22.2. The monoisotopic (exact) mass is 518 g/mol. The molecule has 6 nitrogen and oxygen atoms in total. The Morgan fingerprint density at radius 1 is 1.21 bits per heavy atom. The number of nitrogens with zero attached hydrogens (tertiary/aromatic N) is 3. The first-order valence-electron chi connectivity index (χ1n) is 9.46. The third-order valence-corrected chi connectivity index (χ3v) is 5.22. The van der Waals surface area contributed by atoms with Crippen molar-refractivity contribution in [3.05, 3.63) is 46.5 Å². The van der Waals surface area contributed by atoms with Crippen molar-refractivity contribution in [2.75, 3.05) is 39.8 Å². The van der Waals surface area contributed by atoms with Crippen molar-refractivity contribution in [1.29, 1.82) is 0 Å². The number of rotatable bonds is 10. The van der Waals surface area contributed by atoms with Crippen molar-refractivity contribution in [3.63, 3.8) is 0 Å². The van der Waals surface area contributed by atoms with E-state index in [1.165, 1.54) is 4.88 Å². The molecule has 0 saturated heterocycles. The second kappa shape index (κ2) is 13.6. The minimum atomic E-state index is 0. The van der Waals surface area contributed by atoms with Crippen molar-refractivity contribution in [2.24, 2.45) is 4.99 Å². The van der Waals surface area contributed by atoms with Crippen LogP contribution in [0.25, 0.3) is 0 Å². The van der Waals surface area contributed by atoms with Gasteiger partial charge in [0.1, 0.15) is 5.76 Å². The maximum Gasteiger partial charge on any atom is 0.242 e. The molecule has 0 saturated carbocycles. The Kier molecular flexibility index (Phi) is 11.9. The average Bonchev–Trinajstić information content (AvgIpc) is 3.35. The molecule has 0 fully saturated rings. The smallest absolute Gasteiger partial charge is 0.242 e. The number of nitrogens with one attached hydrogen (secondary N) is 1. The third-order valence-electron chi connectivity index (χ3n) is 4.28. The van der Waals surface area contributed by atoms with E-state index < -0.39 is 0 Å². The van der Waals surface area contributed by atoms with Gasteiger partial charge in [-0.15, -0.1) is 35.3 Å². The highest BCUT2D eigenvalue weighted by Gasteiger charge is 2.15. The van der Waals surface area contributed by atoms with E-state index in [9.17, 15) is 4.79 Å². The first-order valence-corrected chi connectivity index (χ1v) is 10.3. The first kappa shape index (κ1) is 24.5. The van der Waals surface area contributed by atoms with Crippen molar-refractivity contribution in [2.45, 2.75) is 26.7 Å². The van der Waals surface area contributed by atoms with E-state index in [2.05, 4.69) is 22.8 Å². The van der Waals surface area contributed by atoms with E-state index in [1.54, 1.807) is 17.6 Å². The van der Waals surface area contributed by atoms with Crippen LogP contribution in [-0.2, 0) is 17.6 Å². The minimum Gasteiger partial charge on any atom is -0.469 e. The molecular weight excluding hydrogens is 487 g/mol. The number of furan rings is 1. The maximum atomic E-state index is 12.4. The summed E-state index contributed by atoms with van der Waals surface area (Å²) in [5.74, 6) is 1.79. The van der Waals surface area contributed by atoms with E-state index >= 15 is 0 Å². The second-order valence-electron chi connectivity index (χ2n) is 6.21. The molecule has 0 aromatic carbocycles. The van der Waals surface area contributed by atoms with Gasteiger partial charge in [-0.1, -0.05) is 6.07 Å². The lowest BCUT2D eigenvalue weighted by atomic mass is 10.3. The number of halogens is 1. The van der Waals surface area contributed by atoms with Crippen molar-refractivity contribution in [3.8, 4) is 0 Å². The molecule has 28 heavy (non-hydrogen) atoms. The summed E-state index contributed by atoms with van der Waals surface area (Å²) in [5, 5.41) is 5.45. The average molecular weight is 518 g/mol. The lowest BCUT2D eigenvalue weighted by molar-refractivity contribution is -0.131. The molecule has 0 bridgehead atoms. The summed E-state index contributed by atoms with van der Waals surface area (Å²) in [6.45, 7) is 7.15. The fraction of sp³-hybridized carbons (Fsp3) is 0.500. The number of aliphatic imine (C=N–C) groups is 1. The minimum absolute atomic E-state index is 0. The molecule has 156 valence electrons. The number of guanidine groups is 1. The molecule has 0 unspecified atom stereocenters. The zero-order valence-corrected chi connectivity index (χ0v) is 20.0. The molecule has 1 amide bonds. The van der Waals surface area contributed by atoms with Gasteiger partial charge in [0.2, 0.25) is 5.91 Å². The third kappa shape index (κ3) is 8.22. The van der Waals surface area contributed by atoms with Crippen LogP contribution in [-0.4, -0.2) is 61.4 Å². The van der Waals surface area contributed by atoms with Gasteiger partial charge >= 0.3 is 0 Å². The number of likely N-dealkylation sites (N-methyl/N-ethyl adjacent to an activating group) is 2. The number of hydrogen-bond donors (Lipinski definition) is 1. The Hall–Kier alpha value is -1.55. The fourth-order valence-corrected chi connectivity index (χ4v) is 3.44. The van der Waals surface area contributed by atoms with Gasteiger partial charge in [-0.3, -0.25) is 9.79 Å². The molecule has 0 spiro atoms. The number of carbonyl (C=O) groups is 1. The van der Waals surface area contributed by atoms with E-state index in [1.807, 2.05) is 42.8 Å². The Morgan fingerprint density at radius 2 is 2.00 bits per heavy atom. The molecule has 2 aromatic heterocycles. The quantitative estimate of drug-likeness (QED) is 0.297. The highest BCUT2D eigenvalue weighted by Crippen LogP contribution is 2.09. The maximum absolute atomic E-state index is 12.4. The summed E-state index contributed by atoms with van der Waals surface area (Å²) in [7, 11) is 1.91. The molecule has 1 N–H and O–H groups in total. The van der Waals surface area contributed by atoms with Crippen molar-refractivity contribution in [1.82, 2.24) is 15.1 Å². The molecule has 2 heterocycles. The van der Waals surface area contributed by atoms with E-state index in [0.29, 0.717) is 19.6 Å². The zero-order chi connectivity index (χ0) is 19.5. The molecule has 8 heteroatoms. The highest BCUT2D eigenvalue weighted by molar-refractivity contribution is 14.0. The van der Waals surface area contributed by atoms with Crippen LogP contribution in [0.2, 0.25) is 0 Å². The number of carbonyl (C=O) groups excluding carboxylic acids is 1. The Labute approximate surface area is 189 Å². The van der Waals surface area contributed by atoms with Gasteiger partial charge in [0, 0.05) is 50.9 Å². The topological polar surface area (TPSA) is 61.1 Å². The molecule has 0 radical (unpaired) electrons. The first-order chi connectivity index (χ1) is 13.1. The normalized spacial score (nSPS) is 11.0. The molecule has 0 aliphatic carbocycles. The lowest BCUT2D eigenvalue weighted by Crippen LogP contribution is -2.46. The zero-order valence-electron chi connectivity index (χ0n) is 16.9. The van der Waals surface area contributed by atoms with E-state index in [0.717, 1.165) is 37.7 Å². The summed E-state index contributed by atoms with van der Waals surface area (Å²) in [6.07, 6.45) is 3.36. The lowest BCUT2D eigenvalue weighted by Gasteiger charge is -2.26. The predicted molar refractivity (Wildman–Crippen MR) is 127 cm³/mol. The molecule has 2 rings (SSSR count). The Balaban J connectivity index is 0.00000392. The largest absolute Gasteiger partial charge is 0.469 e. The van der Waals surface area contributed by atoms with E-state index in [-0.39, 0.29) is 29.9 Å². The predicted octanol–water partition coefficient (Wildman–Crippen LogP) is 3.49. The summed E-state index contributed by atoms with van der Waals surface area (Å²) < 4.78 is 5.38. The summed E-state index contributed by atoms with van der Waals surface area (Å²) in [6, 6.07) is 8.03. The van der Waals surface area contributed by atoms with Crippen LogP contribution in [0.1, 0.15) is 24.5 Å². The molecule has 0 aliphatic heterocycles.